The van der Waals surface area contributed by atoms with E-state index in [0.717, 1.165) is 18.4 Å². The molecule has 144 valence electrons. The van der Waals surface area contributed by atoms with Crippen LogP contribution in [0.25, 0.3) is 0 Å². The Morgan fingerprint density at radius 2 is 1.96 bits per heavy atom. The normalized spacial score (nSPS) is 15.0. The topological polar surface area (TPSA) is 59.8 Å². The van der Waals surface area contributed by atoms with E-state index in [2.05, 4.69) is 0 Å². The van der Waals surface area contributed by atoms with Crippen molar-refractivity contribution < 1.29 is 13.9 Å². The molecule has 1 aliphatic rings. The van der Waals surface area contributed by atoms with Gasteiger partial charge in [-0.15, -0.1) is 0 Å². The zero-order chi connectivity index (χ0) is 19.4. The van der Waals surface area contributed by atoms with Gasteiger partial charge >= 0.3 is 5.63 Å². The molecule has 2 aromatic rings. The molecule has 3 rings (SSSR count). The Kier molecular flexibility index (Phi) is 6.45. The minimum Gasteiger partial charge on any atom is -0.490 e. The summed E-state index contributed by atoms with van der Waals surface area (Å²) in [6.45, 7) is 2.99. The summed E-state index contributed by atoms with van der Waals surface area (Å²) in [5, 5.41) is 1.17. The van der Waals surface area contributed by atoms with Gasteiger partial charge in [0, 0.05) is 48.5 Å². The summed E-state index contributed by atoms with van der Waals surface area (Å²) in [5.74, 6) is 1.15. The molecule has 1 aliphatic heterocycles. The molecule has 0 atom stereocenters. The van der Waals surface area contributed by atoms with E-state index in [-0.39, 0.29) is 12.0 Å². The third-order valence-corrected chi connectivity index (χ3v) is 5.17. The zero-order valence-electron chi connectivity index (χ0n) is 15.0. The van der Waals surface area contributed by atoms with E-state index < -0.39 is 5.63 Å². The van der Waals surface area contributed by atoms with Crippen molar-refractivity contribution in [3.05, 3.63) is 62.1 Å². The van der Waals surface area contributed by atoms with E-state index in [1.54, 1.807) is 25.1 Å². The Hall–Kier alpha value is -1.98. The molecule has 27 heavy (non-hydrogen) atoms. The average Bonchev–Trinajstić information content (AvgIpc) is 2.60. The highest BCUT2D eigenvalue weighted by Crippen LogP contribution is 2.23. The van der Waals surface area contributed by atoms with Gasteiger partial charge in [0.25, 0.3) is 0 Å². The molecule has 0 N–H and O–H groups in total. The third kappa shape index (κ3) is 5.50. The first-order valence-electron chi connectivity index (χ1n) is 8.91. The number of likely N-dealkylation sites (tertiary alicyclic amines) is 1. The molecule has 1 aromatic heterocycles. The molecular weight excluding hydrogens is 389 g/mol. The van der Waals surface area contributed by atoms with Crippen LogP contribution in [0, 0.1) is 6.92 Å². The van der Waals surface area contributed by atoms with Crippen molar-refractivity contribution in [2.45, 2.75) is 38.7 Å². The monoisotopic (exact) mass is 409 g/mol. The Morgan fingerprint density at radius 1 is 1.22 bits per heavy atom. The summed E-state index contributed by atoms with van der Waals surface area (Å²) >= 11 is 12.1. The van der Waals surface area contributed by atoms with Crippen LogP contribution in [-0.4, -0.2) is 30.0 Å². The number of aryl methyl sites for hydroxylation is 2. The number of amides is 1. The van der Waals surface area contributed by atoms with Gasteiger partial charge in [-0.3, -0.25) is 4.79 Å². The molecule has 1 fully saturated rings. The lowest BCUT2D eigenvalue weighted by atomic mass is 10.1. The number of ether oxygens (including phenoxy) is 1. The lowest BCUT2D eigenvalue weighted by Crippen LogP contribution is -2.41. The van der Waals surface area contributed by atoms with Crippen LogP contribution in [0.2, 0.25) is 10.0 Å². The standard InChI is InChI=1S/C20H21Cl2NO4/c1-13-10-17(12-20(25)26-13)27-16-6-8-23(9-7-16)19(24)5-3-14-2-4-15(21)11-18(14)22/h2,4,10-12,16H,3,5-9H2,1H3. The predicted octanol–water partition coefficient (Wildman–Crippen LogP) is 4.26. The quantitative estimate of drug-likeness (QED) is 0.739. The molecule has 1 saturated heterocycles. The predicted molar refractivity (Wildman–Crippen MR) is 105 cm³/mol. The number of nitrogens with zero attached hydrogens (tertiary/aromatic N) is 1. The van der Waals surface area contributed by atoms with Gasteiger partial charge in [0.15, 0.2) is 0 Å². The van der Waals surface area contributed by atoms with Gasteiger partial charge in [0.2, 0.25) is 5.91 Å². The number of carbonyl (C=O) groups is 1. The van der Waals surface area contributed by atoms with Crippen LogP contribution in [-0.2, 0) is 11.2 Å². The SMILES string of the molecule is Cc1cc(OC2CCN(C(=O)CCc3ccc(Cl)cc3Cl)CC2)cc(=O)o1. The fraction of sp³-hybridized carbons (Fsp3) is 0.400. The van der Waals surface area contributed by atoms with Crippen molar-refractivity contribution >= 4 is 29.1 Å². The van der Waals surface area contributed by atoms with Gasteiger partial charge in [-0.1, -0.05) is 29.3 Å². The fourth-order valence-corrected chi connectivity index (χ4v) is 3.69. The number of halogens is 2. The van der Waals surface area contributed by atoms with Crippen LogP contribution < -0.4 is 10.4 Å². The van der Waals surface area contributed by atoms with Crippen LogP contribution in [0.15, 0.2) is 39.5 Å². The van der Waals surface area contributed by atoms with Crippen molar-refractivity contribution in [2.24, 2.45) is 0 Å². The number of carbonyl (C=O) groups excluding carboxylic acids is 1. The smallest absolute Gasteiger partial charge is 0.339 e. The molecule has 0 unspecified atom stereocenters. The van der Waals surface area contributed by atoms with E-state index in [1.165, 1.54) is 6.07 Å². The molecule has 5 nitrogen and oxygen atoms in total. The van der Waals surface area contributed by atoms with E-state index in [4.69, 9.17) is 32.4 Å². The Morgan fingerprint density at radius 3 is 2.63 bits per heavy atom. The largest absolute Gasteiger partial charge is 0.490 e. The Bertz CT molecular complexity index is 873. The maximum atomic E-state index is 12.5. The summed E-state index contributed by atoms with van der Waals surface area (Å²) in [4.78, 5) is 25.7. The maximum absolute atomic E-state index is 12.5. The summed E-state index contributed by atoms with van der Waals surface area (Å²) < 4.78 is 10.8. The van der Waals surface area contributed by atoms with Gasteiger partial charge in [-0.05, 0) is 31.0 Å². The number of benzene rings is 1. The van der Waals surface area contributed by atoms with Crippen LogP contribution >= 0.6 is 23.2 Å². The molecule has 0 aliphatic carbocycles. The highest BCUT2D eigenvalue weighted by Gasteiger charge is 2.24. The summed E-state index contributed by atoms with van der Waals surface area (Å²) in [5.41, 5.74) is 0.504. The Labute approximate surface area is 167 Å². The van der Waals surface area contributed by atoms with Crippen molar-refractivity contribution in [1.82, 2.24) is 4.90 Å². The second-order valence-corrected chi connectivity index (χ2v) is 7.50. The molecule has 1 aromatic carbocycles. The van der Waals surface area contributed by atoms with Gasteiger partial charge in [0.1, 0.15) is 17.6 Å². The van der Waals surface area contributed by atoms with E-state index in [1.807, 2.05) is 11.0 Å². The van der Waals surface area contributed by atoms with Crippen molar-refractivity contribution in [3.63, 3.8) is 0 Å². The molecule has 0 bridgehead atoms. The summed E-state index contributed by atoms with van der Waals surface area (Å²) in [6, 6.07) is 8.38. The van der Waals surface area contributed by atoms with E-state index >= 15 is 0 Å². The zero-order valence-corrected chi connectivity index (χ0v) is 16.6. The van der Waals surface area contributed by atoms with Crippen LogP contribution in [0.1, 0.15) is 30.6 Å². The first kappa shape index (κ1) is 19.8. The van der Waals surface area contributed by atoms with Gasteiger partial charge in [-0.25, -0.2) is 4.79 Å². The van der Waals surface area contributed by atoms with Crippen molar-refractivity contribution in [3.8, 4) is 5.75 Å². The third-order valence-electron chi connectivity index (χ3n) is 4.59. The van der Waals surface area contributed by atoms with E-state index in [0.29, 0.717) is 47.5 Å². The number of rotatable bonds is 5. The molecule has 2 heterocycles. The molecule has 0 spiro atoms. The second-order valence-electron chi connectivity index (χ2n) is 6.66. The number of hydrogen-bond donors (Lipinski definition) is 0. The number of piperidine rings is 1. The lowest BCUT2D eigenvalue weighted by molar-refractivity contribution is -0.132. The first-order chi connectivity index (χ1) is 12.9. The van der Waals surface area contributed by atoms with Crippen LogP contribution in [0.3, 0.4) is 0 Å². The van der Waals surface area contributed by atoms with Gasteiger partial charge in [-0.2, -0.15) is 0 Å². The van der Waals surface area contributed by atoms with Crippen molar-refractivity contribution in [1.29, 1.82) is 0 Å². The first-order valence-corrected chi connectivity index (χ1v) is 9.66. The van der Waals surface area contributed by atoms with Crippen LogP contribution in [0.4, 0.5) is 0 Å². The van der Waals surface area contributed by atoms with Crippen molar-refractivity contribution in [2.75, 3.05) is 13.1 Å². The lowest BCUT2D eigenvalue weighted by Gasteiger charge is -2.32. The molecule has 0 radical (unpaired) electrons. The molecule has 7 heteroatoms. The van der Waals surface area contributed by atoms with Gasteiger partial charge in [0.05, 0.1) is 6.07 Å². The second kappa shape index (κ2) is 8.81. The Balaban J connectivity index is 1.48. The summed E-state index contributed by atoms with van der Waals surface area (Å²) in [6.07, 6.45) is 2.44. The minimum absolute atomic E-state index is 0.0130. The van der Waals surface area contributed by atoms with Gasteiger partial charge < -0.3 is 14.1 Å². The molecular formula is C20H21Cl2NO4. The molecule has 1 amide bonds. The highest BCUT2D eigenvalue weighted by molar-refractivity contribution is 6.35. The minimum atomic E-state index is -0.418. The number of hydrogen-bond acceptors (Lipinski definition) is 4. The molecule has 0 saturated carbocycles. The average molecular weight is 410 g/mol. The fourth-order valence-electron chi connectivity index (χ4n) is 3.18. The van der Waals surface area contributed by atoms with Crippen LogP contribution in [0.5, 0.6) is 5.75 Å². The summed E-state index contributed by atoms with van der Waals surface area (Å²) in [7, 11) is 0. The van der Waals surface area contributed by atoms with E-state index in [9.17, 15) is 9.59 Å². The maximum Gasteiger partial charge on any atom is 0.339 e. The highest BCUT2D eigenvalue weighted by atomic mass is 35.5.